The Morgan fingerprint density at radius 2 is 2.05 bits per heavy atom. The van der Waals surface area contributed by atoms with Crippen molar-refractivity contribution >= 4 is 35.1 Å². The highest BCUT2D eigenvalue weighted by atomic mass is 35.5. The number of halogens is 3. The summed E-state index contributed by atoms with van der Waals surface area (Å²) in [6.07, 6.45) is 8.18. The Morgan fingerprint density at radius 1 is 1.21 bits per heavy atom. The van der Waals surface area contributed by atoms with Crippen LogP contribution in [0, 0.1) is 5.82 Å². The number of rotatable bonds is 4. The Balaban J connectivity index is 1.32. The van der Waals surface area contributed by atoms with E-state index in [0.29, 0.717) is 41.4 Å². The first-order valence-corrected chi connectivity index (χ1v) is 12.0. The fourth-order valence-corrected chi connectivity index (χ4v) is 5.35. The van der Waals surface area contributed by atoms with Gasteiger partial charge in [0.05, 0.1) is 35.3 Å². The summed E-state index contributed by atoms with van der Waals surface area (Å²) in [7, 11) is 0. The molecule has 1 unspecified atom stereocenters. The van der Waals surface area contributed by atoms with E-state index in [2.05, 4.69) is 25.5 Å². The number of benzene rings is 1. The molecule has 1 fully saturated rings. The number of amidine groups is 1. The van der Waals surface area contributed by atoms with E-state index in [-0.39, 0.29) is 39.5 Å². The van der Waals surface area contributed by atoms with Crippen LogP contribution in [0.5, 0.6) is 0 Å². The maximum Gasteiger partial charge on any atom is 0.247 e. The molecule has 194 valence electrons. The van der Waals surface area contributed by atoms with Crippen molar-refractivity contribution in [2.45, 2.75) is 31.3 Å². The molecule has 0 radical (unpaired) electrons. The van der Waals surface area contributed by atoms with Crippen molar-refractivity contribution in [1.29, 1.82) is 0 Å². The molecule has 1 amide bonds. The van der Waals surface area contributed by atoms with Gasteiger partial charge >= 0.3 is 0 Å². The molecular formula is C24H19ClF2N8O3. The van der Waals surface area contributed by atoms with Crippen LogP contribution in [0.3, 0.4) is 0 Å². The number of amides is 1. The number of fused-ring (bicyclic) bond motifs is 1. The number of aliphatic hydroxyl groups is 1. The topological polar surface area (TPSA) is 132 Å². The molecule has 4 aliphatic rings. The standard InChI is InChI=1S/C24H19ClF2N8O3/c25-15-2-4-17(33-11-29-31-32-33)21(23(15)27)12-7-13-1-3-18(35(13)20(37)8-12)24-28-9-16(30-24)14-5-6-34(38)19(10-36)22(14)26/h2,4-6,8-9,11,13,18,36,38H,1,3,7,10H2/b16-14+/t13?,18-/m0/s1. The molecule has 1 aromatic carbocycles. The van der Waals surface area contributed by atoms with Gasteiger partial charge in [-0.2, -0.15) is 4.68 Å². The predicted molar refractivity (Wildman–Crippen MR) is 131 cm³/mol. The highest BCUT2D eigenvalue weighted by Gasteiger charge is 2.43. The van der Waals surface area contributed by atoms with Gasteiger partial charge in [0.2, 0.25) is 5.91 Å². The van der Waals surface area contributed by atoms with E-state index in [1.54, 1.807) is 11.0 Å². The predicted octanol–water partition coefficient (Wildman–Crippen LogP) is 2.73. The van der Waals surface area contributed by atoms with Crippen LogP contribution in [0.2, 0.25) is 5.02 Å². The zero-order chi connectivity index (χ0) is 26.6. The van der Waals surface area contributed by atoms with Crippen LogP contribution in [0.25, 0.3) is 11.3 Å². The Hall–Kier alpha value is -4.07. The number of aliphatic imine (C=N–C) groups is 2. The molecule has 2 atom stereocenters. The number of nitrogens with zero attached hydrogens (tertiary/aromatic N) is 8. The van der Waals surface area contributed by atoms with E-state index < -0.39 is 24.3 Å². The highest BCUT2D eigenvalue weighted by Crippen LogP contribution is 2.41. The molecule has 0 spiro atoms. The van der Waals surface area contributed by atoms with Crippen LogP contribution in [-0.4, -0.2) is 77.1 Å². The second-order valence-corrected chi connectivity index (χ2v) is 9.39. The Morgan fingerprint density at radius 3 is 2.82 bits per heavy atom. The molecule has 1 saturated heterocycles. The molecule has 1 aromatic heterocycles. The zero-order valence-corrected chi connectivity index (χ0v) is 20.3. The smallest absolute Gasteiger partial charge is 0.247 e. The largest absolute Gasteiger partial charge is 0.390 e. The first-order valence-electron chi connectivity index (χ1n) is 11.6. The van der Waals surface area contributed by atoms with Gasteiger partial charge in [-0.3, -0.25) is 10.0 Å². The molecule has 14 heteroatoms. The van der Waals surface area contributed by atoms with Gasteiger partial charge in [0.15, 0.2) is 17.5 Å². The number of aliphatic hydroxyl groups excluding tert-OH is 1. The maximum atomic E-state index is 15.3. The Kier molecular flexibility index (Phi) is 5.97. The number of hydroxylamine groups is 2. The molecule has 6 rings (SSSR count). The number of allylic oxidation sites excluding steroid dienone is 4. The number of tetrazole rings is 1. The van der Waals surface area contributed by atoms with Crippen LogP contribution >= 0.6 is 11.6 Å². The molecule has 11 nitrogen and oxygen atoms in total. The number of carbonyl (C=O) groups excluding carboxylic acids is 1. The summed E-state index contributed by atoms with van der Waals surface area (Å²) < 4.78 is 31.4. The van der Waals surface area contributed by atoms with E-state index in [0.717, 1.165) is 0 Å². The first-order chi connectivity index (χ1) is 18.4. The third-order valence-electron chi connectivity index (χ3n) is 6.93. The Labute approximate surface area is 219 Å². The summed E-state index contributed by atoms with van der Waals surface area (Å²) >= 11 is 6.08. The fourth-order valence-electron chi connectivity index (χ4n) is 5.19. The molecule has 0 aliphatic carbocycles. The average Bonchev–Trinajstić information content (AvgIpc) is 3.67. The van der Waals surface area contributed by atoms with E-state index in [1.165, 1.54) is 41.6 Å². The zero-order valence-electron chi connectivity index (χ0n) is 19.5. The molecule has 4 aliphatic heterocycles. The molecule has 38 heavy (non-hydrogen) atoms. The van der Waals surface area contributed by atoms with Gasteiger partial charge in [-0.1, -0.05) is 11.6 Å². The van der Waals surface area contributed by atoms with E-state index in [4.69, 9.17) is 11.6 Å². The number of aromatic nitrogens is 4. The lowest BCUT2D eigenvalue weighted by Gasteiger charge is -2.33. The summed E-state index contributed by atoms with van der Waals surface area (Å²) in [5.74, 6) is -1.47. The molecule has 0 bridgehead atoms. The van der Waals surface area contributed by atoms with E-state index in [9.17, 15) is 19.5 Å². The van der Waals surface area contributed by atoms with Gasteiger partial charge in [-0.05, 0) is 53.5 Å². The van der Waals surface area contributed by atoms with Crippen LogP contribution in [0.1, 0.15) is 24.8 Å². The number of carbonyl (C=O) groups is 1. The lowest BCUT2D eigenvalue weighted by Crippen LogP contribution is -2.45. The minimum Gasteiger partial charge on any atom is -0.390 e. The van der Waals surface area contributed by atoms with Crippen LogP contribution in [0.4, 0.5) is 8.78 Å². The molecule has 0 saturated carbocycles. The molecule has 5 heterocycles. The Bertz CT molecular complexity index is 1530. The summed E-state index contributed by atoms with van der Waals surface area (Å²) in [4.78, 5) is 23.8. The monoisotopic (exact) mass is 540 g/mol. The third kappa shape index (κ3) is 3.86. The fraction of sp³-hybridized carbons (Fsp3) is 0.250. The summed E-state index contributed by atoms with van der Waals surface area (Å²) in [5.41, 5.74) is 0.959. The van der Waals surface area contributed by atoms with Crippen molar-refractivity contribution in [2.75, 3.05) is 6.61 Å². The summed E-state index contributed by atoms with van der Waals surface area (Å²) in [5, 5.41) is 30.5. The van der Waals surface area contributed by atoms with Gasteiger partial charge in [0.25, 0.3) is 0 Å². The van der Waals surface area contributed by atoms with Crippen LogP contribution < -0.4 is 0 Å². The minimum atomic E-state index is -0.822. The third-order valence-corrected chi connectivity index (χ3v) is 7.22. The van der Waals surface area contributed by atoms with E-state index >= 15 is 4.39 Å². The SMILES string of the molecule is O=C1C=C(c2c(-n3cnnn3)ccc(Cl)c2F)CC2CC[C@@H](C3=N/C(=C4\C=CN(O)C(CO)=C4F)C=N3)N12. The van der Waals surface area contributed by atoms with Gasteiger partial charge < -0.3 is 10.0 Å². The van der Waals surface area contributed by atoms with Crippen molar-refractivity contribution in [3.63, 3.8) is 0 Å². The van der Waals surface area contributed by atoms with Crippen molar-refractivity contribution in [2.24, 2.45) is 9.98 Å². The molecule has 2 N–H and O–H groups in total. The lowest BCUT2D eigenvalue weighted by molar-refractivity contribution is -0.128. The van der Waals surface area contributed by atoms with Crippen molar-refractivity contribution in [3.8, 4) is 5.69 Å². The van der Waals surface area contributed by atoms with Gasteiger partial charge in [-0.25, -0.2) is 23.8 Å². The summed E-state index contributed by atoms with van der Waals surface area (Å²) in [6, 6.07) is 2.31. The quantitative estimate of drug-likeness (QED) is 0.609. The van der Waals surface area contributed by atoms with Gasteiger partial charge in [-0.15, -0.1) is 5.10 Å². The van der Waals surface area contributed by atoms with Crippen LogP contribution in [0.15, 0.2) is 69.6 Å². The molecular weight excluding hydrogens is 522 g/mol. The molecule has 2 aromatic rings. The van der Waals surface area contributed by atoms with Crippen molar-refractivity contribution in [1.82, 2.24) is 30.2 Å². The summed E-state index contributed by atoms with van der Waals surface area (Å²) in [6.45, 7) is -0.708. The van der Waals surface area contributed by atoms with E-state index in [1.807, 2.05) is 0 Å². The van der Waals surface area contributed by atoms with Crippen LogP contribution in [-0.2, 0) is 4.79 Å². The highest BCUT2D eigenvalue weighted by molar-refractivity contribution is 6.31. The lowest BCUT2D eigenvalue weighted by atomic mass is 9.92. The van der Waals surface area contributed by atoms with Crippen molar-refractivity contribution in [3.05, 3.63) is 76.0 Å². The van der Waals surface area contributed by atoms with Gasteiger partial charge in [0, 0.05) is 29.5 Å². The second-order valence-electron chi connectivity index (χ2n) is 8.98. The normalized spacial score (nSPS) is 24.9. The van der Waals surface area contributed by atoms with Crippen molar-refractivity contribution < 1.29 is 23.9 Å². The second kappa shape index (κ2) is 9.35. The number of hydrogen-bond donors (Lipinski definition) is 2. The van der Waals surface area contributed by atoms with Gasteiger partial charge in [0.1, 0.15) is 12.0 Å². The average molecular weight is 541 g/mol. The first kappa shape index (κ1) is 24.3. The number of hydrogen-bond acceptors (Lipinski definition) is 9. The minimum absolute atomic E-state index is 0.0614. The maximum absolute atomic E-state index is 15.3.